The first kappa shape index (κ1) is 10.4. The van der Waals surface area contributed by atoms with Crippen LogP contribution in [-0.4, -0.2) is 25.3 Å². The van der Waals surface area contributed by atoms with Gasteiger partial charge in [0.1, 0.15) is 0 Å². The normalized spacial score (nSPS) is 35.6. The molecule has 1 heterocycles. The van der Waals surface area contributed by atoms with E-state index in [0.29, 0.717) is 6.04 Å². The molecule has 3 unspecified atom stereocenters. The van der Waals surface area contributed by atoms with Crippen LogP contribution >= 0.6 is 0 Å². The third kappa shape index (κ3) is 2.96. The maximum Gasteiger partial charge on any atom is 0.0468 e. The van der Waals surface area contributed by atoms with Gasteiger partial charge in [-0.2, -0.15) is 0 Å². The van der Waals surface area contributed by atoms with Crippen LogP contribution < -0.4 is 5.32 Å². The van der Waals surface area contributed by atoms with Crippen LogP contribution in [0.15, 0.2) is 0 Å². The maximum absolute atomic E-state index is 5.37. The largest absolute Gasteiger partial charge is 0.381 e. The van der Waals surface area contributed by atoms with Crippen molar-refractivity contribution in [1.29, 1.82) is 0 Å². The molecule has 1 saturated heterocycles. The van der Waals surface area contributed by atoms with Crippen LogP contribution in [0.3, 0.4) is 0 Å². The Labute approximate surface area is 87.4 Å². The van der Waals surface area contributed by atoms with E-state index in [2.05, 4.69) is 19.2 Å². The van der Waals surface area contributed by atoms with Gasteiger partial charge >= 0.3 is 0 Å². The van der Waals surface area contributed by atoms with Crippen LogP contribution in [-0.2, 0) is 4.74 Å². The maximum atomic E-state index is 5.37. The Morgan fingerprint density at radius 2 is 2.00 bits per heavy atom. The van der Waals surface area contributed by atoms with Gasteiger partial charge < -0.3 is 10.1 Å². The molecule has 2 aliphatic rings. The highest BCUT2D eigenvalue weighted by Gasteiger charge is 2.33. The Morgan fingerprint density at radius 3 is 2.57 bits per heavy atom. The van der Waals surface area contributed by atoms with Crippen molar-refractivity contribution in [3.05, 3.63) is 0 Å². The van der Waals surface area contributed by atoms with E-state index in [4.69, 9.17) is 4.74 Å². The van der Waals surface area contributed by atoms with Crippen molar-refractivity contribution in [2.24, 2.45) is 11.8 Å². The first-order valence-corrected chi connectivity index (χ1v) is 6.09. The summed E-state index contributed by atoms with van der Waals surface area (Å²) in [5.74, 6) is 1.83. The van der Waals surface area contributed by atoms with Gasteiger partial charge in [-0.1, -0.05) is 6.92 Å². The lowest BCUT2D eigenvalue weighted by Crippen LogP contribution is -2.32. The number of rotatable bonds is 4. The first-order valence-electron chi connectivity index (χ1n) is 6.09. The van der Waals surface area contributed by atoms with E-state index in [1.807, 2.05) is 0 Å². The van der Waals surface area contributed by atoms with Gasteiger partial charge in [0.15, 0.2) is 0 Å². The predicted octanol–water partition coefficient (Wildman–Crippen LogP) is 2.19. The fraction of sp³-hybridized carbons (Fsp3) is 1.00. The SMILES string of the molecule is CC(CC1CCOCC1)NC1CC1C. The molecular weight excluding hydrogens is 174 g/mol. The summed E-state index contributed by atoms with van der Waals surface area (Å²) in [6, 6.07) is 1.53. The molecule has 2 fully saturated rings. The number of hydrogen-bond acceptors (Lipinski definition) is 2. The van der Waals surface area contributed by atoms with E-state index in [9.17, 15) is 0 Å². The molecule has 0 bridgehead atoms. The van der Waals surface area contributed by atoms with Crippen molar-refractivity contribution >= 4 is 0 Å². The summed E-state index contributed by atoms with van der Waals surface area (Å²) in [4.78, 5) is 0. The molecule has 14 heavy (non-hydrogen) atoms. The van der Waals surface area contributed by atoms with Gasteiger partial charge in [0.25, 0.3) is 0 Å². The summed E-state index contributed by atoms with van der Waals surface area (Å²) in [6.07, 6.45) is 5.27. The van der Waals surface area contributed by atoms with Gasteiger partial charge in [0.2, 0.25) is 0 Å². The van der Waals surface area contributed by atoms with Crippen molar-refractivity contribution in [3.63, 3.8) is 0 Å². The van der Waals surface area contributed by atoms with Gasteiger partial charge in [0, 0.05) is 25.3 Å². The number of ether oxygens (including phenoxy) is 1. The first-order chi connectivity index (χ1) is 6.75. The summed E-state index contributed by atoms with van der Waals surface area (Å²) in [5.41, 5.74) is 0. The van der Waals surface area contributed by atoms with Crippen LogP contribution in [0.5, 0.6) is 0 Å². The predicted molar refractivity (Wildman–Crippen MR) is 58.3 cm³/mol. The van der Waals surface area contributed by atoms with E-state index >= 15 is 0 Å². The Balaban J connectivity index is 1.63. The Bertz CT molecular complexity index is 177. The van der Waals surface area contributed by atoms with Gasteiger partial charge in [-0.05, 0) is 44.4 Å². The van der Waals surface area contributed by atoms with Crippen LogP contribution in [0.1, 0.15) is 39.5 Å². The molecule has 2 nitrogen and oxygen atoms in total. The molecule has 1 aliphatic carbocycles. The fourth-order valence-electron chi connectivity index (χ4n) is 2.47. The van der Waals surface area contributed by atoms with E-state index < -0.39 is 0 Å². The molecule has 2 rings (SSSR count). The summed E-state index contributed by atoms with van der Waals surface area (Å²) < 4.78 is 5.37. The minimum atomic E-state index is 0.702. The topological polar surface area (TPSA) is 21.3 Å². The molecule has 3 atom stereocenters. The zero-order chi connectivity index (χ0) is 9.97. The van der Waals surface area contributed by atoms with Crippen LogP contribution in [0.4, 0.5) is 0 Å². The smallest absolute Gasteiger partial charge is 0.0468 e. The van der Waals surface area contributed by atoms with Gasteiger partial charge in [-0.25, -0.2) is 0 Å². The lowest BCUT2D eigenvalue weighted by Gasteiger charge is -2.25. The standard InChI is InChI=1S/C12H23NO/c1-9-7-12(9)13-10(2)8-11-3-5-14-6-4-11/h9-13H,3-8H2,1-2H3. The molecular formula is C12H23NO. The second kappa shape index (κ2) is 4.63. The second-order valence-corrected chi connectivity index (χ2v) is 5.18. The Morgan fingerprint density at radius 1 is 1.36 bits per heavy atom. The molecule has 1 saturated carbocycles. The van der Waals surface area contributed by atoms with E-state index in [1.54, 1.807) is 0 Å². The summed E-state index contributed by atoms with van der Waals surface area (Å²) >= 11 is 0. The average Bonchev–Trinajstić information content (AvgIpc) is 2.83. The average molecular weight is 197 g/mol. The van der Waals surface area contributed by atoms with Crippen LogP contribution in [0.2, 0.25) is 0 Å². The fourth-order valence-corrected chi connectivity index (χ4v) is 2.47. The van der Waals surface area contributed by atoms with E-state index in [-0.39, 0.29) is 0 Å². The van der Waals surface area contributed by atoms with Crippen LogP contribution in [0, 0.1) is 11.8 Å². The molecule has 0 radical (unpaired) electrons. The number of nitrogens with one attached hydrogen (secondary N) is 1. The minimum Gasteiger partial charge on any atom is -0.381 e. The van der Waals surface area contributed by atoms with Crippen molar-refractivity contribution in [2.45, 2.75) is 51.6 Å². The Hall–Kier alpha value is -0.0800. The lowest BCUT2D eigenvalue weighted by atomic mass is 9.93. The highest BCUT2D eigenvalue weighted by atomic mass is 16.5. The van der Waals surface area contributed by atoms with Crippen molar-refractivity contribution in [3.8, 4) is 0 Å². The summed E-state index contributed by atoms with van der Waals surface area (Å²) in [7, 11) is 0. The van der Waals surface area contributed by atoms with E-state index in [1.165, 1.54) is 25.7 Å². The zero-order valence-electron chi connectivity index (χ0n) is 9.46. The molecule has 1 N–H and O–H groups in total. The molecule has 0 aromatic carbocycles. The molecule has 1 aliphatic heterocycles. The second-order valence-electron chi connectivity index (χ2n) is 5.18. The minimum absolute atomic E-state index is 0.702. The highest BCUT2D eigenvalue weighted by molar-refractivity contribution is 4.91. The molecule has 82 valence electrons. The van der Waals surface area contributed by atoms with Crippen molar-refractivity contribution in [2.75, 3.05) is 13.2 Å². The van der Waals surface area contributed by atoms with Crippen molar-refractivity contribution < 1.29 is 4.74 Å². The summed E-state index contributed by atoms with van der Waals surface area (Å²) in [5, 5.41) is 3.71. The molecule has 0 aromatic heterocycles. The third-order valence-corrected chi connectivity index (χ3v) is 3.64. The number of hydrogen-bond donors (Lipinski definition) is 1. The zero-order valence-corrected chi connectivity index (χ0v) is 9.46. The molecule has 2 heteroatoms. The van der Waals surface area contributed by atoms with Gasteiger partial charge in [0.05, 0.1) is 0 Å². The summed E-state index contributed by atoms with van der Waals surface area (Å²) in [6.45, 7) is 6.63. The quantitative estimate of drug-likeness (QED) is 0.746. The lowest BCUT2D eigenvalue weighted by molar-refractivity contribution is 0.0611. The highest BCUT2D eigenvalue weighted by Crippen LogP contribution is 2.30. The monoisotopic (exact) mass is 197 g/mol. The van der Waals surface area contributed by atoms with Gasteiger partial charge in [-0.3, -0.25) is 0 Å². The van der Waals surface area contributed by atoms with Crippen molar-refractivity contribution in [1.82, 2.24) is 5.32 Å². The molecule has 0 amide bonds. The molecule has 0 spiro atoms. The third-order valence-electron chi connectivity index (χ3n) is 3.64. The van der Waals surface area contributed by atoms with Crippen LogP contribution in [0.25, 0.3) is 0 Å². The van der Waals surface area contributed by atoms with Gasteiger partial charge in [-0.15, -0.1) is 0 Å². The Kier molecular flexibility index (Phi) is 3.45. The van der Waals surface area contributed by atoms with E-state index in [0.717, 1.165) is 31.1 Å². The molecule has 0 aromatic rings.